The first-order chi connectivity index (χ1) is 16.7. The number of anilines is 1. The maximum Gasteiger partial charge on any atom is 0.222 e. The van der Waals surface area contributed by atoms with Crippen LogP contribution in [0.25, 0.3) is 22.6 Å². The fourth-order valence-corrected chi connectivity index (χ4v) is 4.23. The molecule has 1 fully saturated rings. The highest BCUT2D eigenvalue weighted by Crippen LogP contribution is 2.24. The standard InChI is InChI=1S/C26H28N6O2/c1-34-21-11-9-19(10-12-21)13-14-27-25-23-26(30-24(29-25)20-6-3-2-4-7-20)32(18-28-23)17-16-31-15-5-8-22(31)33/h2-4,6-7,9-12,18H,5,8,13-17H2,1H3,(H,27,29,30). The molecule has 0 aliphatic carbocycles. The average molecular weight is 457 g/mol. The minimum atomic E-state index is 0.227. The van der Waals surface area contributed by atoms with Crippen molar-refractivity contribution in [2.45, 2.75) is 25.8 Å². The van der Waals surface area contributed by atoms with Crippen molar-refractivity contribution in [3.63, 3.8) is 0 Å². The monoisotopic (exact) mass is 456 g/mol. The first-order valence-corrected chi connectivity index (χ1v) is 11.6. The molecule has 3 heterocycles. The molecule has 2 aromatic carbocycles. The van der Waals surface area contributed by atoms with Gasteiger partial charge in [0.15, 0.2) is 17.3 Å². The van der Waals surface area contributed by atoms with Gasteiger partial charge >= 0.3 is 0 Å². The molecule has 1 N–H and O–H groups in total. The van der Waals surface area contributed by atoms with Crippen molar-refractivity contribution in [2.24, 2.45) is 0 Å². The topological polar surface area (TPSA) is 85.2 Å². The van der Waals surface area contributed by atoms with Crippen molar-refractivity contribution in [3.05, 3.63) is 66.5 Å². The van der Waals surface area contributed by atoms with Gasteiger partial charge in [-0.05, 0) is 30.5 Å². The van der Waals surface area contributed by atoms with Crippen LogP contribution in [0, 0.1) is 0 Å². The molecule has 0 spiro atoms. The van der Waals surface area contributed by atoms with E-state index in [4.69, 9.17) is 14.7 Å². The van der Waals surface area contributed by atoms with E-state index in [-0.39, 0.29) is 5.91 Å². The number of nitrogens with one attached hydrogen (secondary N) is 1. The predicted octanol–water partition coefficient (Wildman–Crippen LogP) is 3.78. The molecule has 174 valence electrons. The van der Waals surface area contributed by atoms with Crippen molar-refractivity contribution in [3.8, 4) is 17.1 Å². The third-order valence-electron chi connectivity index (χ3n) is 6.14. The normalized spacial score (nSPS) is 13.6. The van der Waals surface area contributed by atoms with Gasteiger partial charge in [-0.1, -0.05) is 42.5 Å². The Morgan fingerprint density at radius 1 is 1.03 bits per heavy atom. The van der Waals surface area contributed by atoms with Crippen LogP contribution in [0.2, 0.25) is 0 Å². The SMILES string of the molecule is COc1ccc(CCNc2nc(-c3ccccc3)nc3c2ncn3CCN2CCCC2=O)cc1. The van der Waals surface area contributed by atoms with Gasteiger partial charge < -0.3 is 19.5 Å². The highest BCUT2D eigenvalue weighted by Gasteiger charge is 2.20. The number of methoxy groups -OCH3 is 1. The van der Waals surface area contributed by atoms with E-state index in [9.17, 15) is 4.79 Å². The average Bonchev–Trinajstić information content (AvgIpc) is 3.49. The Balaban J connectivity index is 1.39. The zero-order valence-corrected chi connectivity index (χ0v) is 19.3. The van der Waals surface area contributed by atoms with Crippen molar-refractivity contribution in [2.75, 3.05) is 32.1 Å². The third kappa shape index (κ3) is 4.71. The van der Waals surface area contributed by atoms with Crippen molar-refractivity contribution >= 4 is 22.9 Å². The Morgan fingerprint density at radius 3 is 2.59 bits per heavy atom. The van der Waals surface area contributed by atoms with Crippen LogP contribution in [0.4, 0.5) is 5.82 Å². The lowest BCUT2D eigenvalue weighted by Gasteiger charge is -2.16. The smallest absolute Gasteiger partial charge is 0.222 e. The number of carbonyl (C=O) groups excluding carboxylic acids is 1. The van der Waals surface area contributed by atoms with E-state index < -0.39 is 0 Å². The summed E-state index contributed by atoms with van der Waals surface area (Å²) in [5.74, 6) is 2.44. The summed E-state index contributed by atoms with van der Waals surface area (Å²) < 4.78 is 7.26. The molecular weight excluding hydrogens is 428 g/mol. The summed E-state index contributed by atoms with van der Waals surface area (Å²) in [6, 6.07) is 18.0. The van der Waals surface area contributed by atoms with Gasteiger partial charge in [-0.15, -0.1) is 0 Å². The van der Waals surface area contributed by atoms with Crippen LogP contribution in [-0.2, 0) is 17.8 Å². The maximum absolute atomic E-state index is 12.0. The summed E-state index contributed by atoms with van der Waals surface area (Å²) in [4.78, 5) is 28.2. The molecule has 5 rings (SSSR count). The summed E-state index contributed by atoms with van der Waals surface area (Å²) in [6.07, 6.45) is 4.22. The van der Waals surface area contributed by atoms with Gasteiger partial charge in [0.1, 0.15) is 11.3 Å². The number of hydrogen-bond donors (Lipinski definition) is 1. The molecule has 8 nitrogen and oxygen atoms in total. The van der Waals surface area contributed by atoms with Crippen LogP contribution in [0.5, 0.6) is 5.75 Å². The third-order valence-corrected chi connectivity index (χ3v) is 6.14. The lowest BCUT2D eigenvalue weighted by molar-refractivity contribution is -0.127. The first-order valence-electron chi connectivity index (χ1n) is 11.6. The second-order valence-electron chi connectivity index (χ2n) is 8.38. The molecule has 0 saturated carbocycles. The molecular formula is C26H28N6O2. The van der Waals surface area contributed by atoms with E-state index in [0.29, 0.717) is 37.7 Å². The summed E-state index contributed by atoms with van der Waals surface area (Å²) in [5, 5.41) is 3.47. The number of amides is 1. The lowest BCUT2D eigenvalue weighted by atomic mass is 10.1. The van der Waals surface area contributed by atoms with Crippen LogP contribution in [0.15, 0.2) is 60.9 Å². The summed E-state index contributed by atoms with van der Waals surface area (Å²) in [5.41, 5.74) is 3.67. The summed E-state index contributed by atoms with van der Waals surface area (Å²) in [6.45, 7) is 2.85. The molecule has 0 unspecified atom stereocenters. The zero-order valence-electron chi connectivity index (χ0n) is 19.3. The minimum absolute atomic E-state index is 0.227. The van der Waals surface area contributed by atoms with Gasteiger partial charge in [-0.25, -0.2) is 15.0 Å². The van der Waals surface area contributed by atoms with Gasteiger partial charge in [0, 0.05) is 38.2 Å². The zero-order chi connectivity index (χ0) is 23.3. The number of fused-ring (bicyclic) bond motifs is 1. The maximum atomic E-state index is 12.0. The van der Waals surface area contributed by atoms with Gasteiger partial charge in [0.25, 0.3) is 0 Å². The minimum Gasteiger partial charge on any atom is -0.497 e. The lowest BCUT2D eigenvalue weighted by Crippen LogP contribution is -2.28. The molecule has 1 aliphatic rings. The Hall–Kier alpha value is -3.94. The van der Waals surface area contributed by atoms with E-state index in [1.807, 2.05) is 51.9 Å². The Morgan fingerprint density at radius 2 is 1.85 bits per heavy atom. The highest BCUT2D eigenvalue weighted by atomic mass is 16.5. The van der Waals surface area contributed by atoms with Crippen molar-refractivity contribution < 1.29 is 9.53 Å². The summed E-state index contributed by atoms with van der Waals surface area (Å²) in [7, 11) is 1.67. The van der Waals surface area contributed by atoms with Crippen LogP contribution < -0.4 is 10.1 Å². The van der Waals surface area contributed by atoms with Crippen LogP contribution in [-0.4, -0.2) is 57.1 Å². The molecule has 0 atom stereocenters. The number of benzene rings is 2. The summed E-state index contributed by atoms with van der Waals surface area (Å²) >= 11 is 0. The number of nitrogens with zero attached hydrogens (tertiary/aromatic N) is 5. The van der Waals surface area contributed by atoms with Crippen LogP contribution in [0.3, 0.4) is 0 Å². The Bertz CT molecular complexity index is 1270. The Kier molecular flexibility index (Phi) is 6.38. The first kappa shape index (κ1) is 21.9. The van der Waals surface area contributed by atoms with Crippen LogP contribution >= 0.6 is 0 Å². The van der Waals surface area contributed by atoms with Crippen LogP contribution in [0.1, 0.15) is 18.4 Å². The number of carbonyl (C=O) groups is 1. The largest absolute Gasteiger partial charge is 0.497 e. The molecule has 34 heavy (non-hydrogen) atoms. The second kappa shape index (κ2) is 9.91. The number of imidazole rings is 1. The van der Waals surface area contributed by atoms with Gasteiger partial charge in [0.05, 0.1) is 13.4 Å². The van der Waals surface area contributed by atoms with E-state index in [1.165, 1.54) is 5.56 Å². The molecule has 1 aliphatic heterocycles. The molecule has 1 amide bonds. The molecule has 2 aromatic heterocycles. The molecule has 0 radical (unpaired) electrons. The van der Waals surface area contributed by atoms with Gasteiger partial charge in [-0.3, -0.25) is 4.79 Å². The van der Waals surface area contributed by atoms with E-state index in [0.717, 1.165) is 41.9 Å². The van der Waals surface area contributed by atoms with Crippen molar-refractivity contribution in [1.29, 1.82) is 0 Å². The predicted molar refractivity (Wildman–Crippen MR) is 132 cm³/mol. The Labute approximate surface area is 198 Å². The quantitative estimate of drug-likeness (QED) is 0.413. The van der Waals surface area contributed by atoms with E-state index in [1.54, 1.807) is 13.4 Å². The fourth-order valence-electron chi connectivity index (χ4n) is 4.23. The fraction of sp³-hybridized carbons (Fsp3) is 0.308. The number of hydrogen-bond acceptors (Lipinski definition) is 6. The van der Waals surface area contributed by atoms with Gasteiger partial charge in [0.2, 0.25) is 5.91 Å². The van der Waals surface area contributed by atoms with Crippen molar-refractivity contribution in [1.82, 2.24) is 24.4 Å². The van der Waals surface area contributed by atoms with E-state index in [2.05, 4.69) is 22.4 Å². The molecule has 0 bridgehead atoms. The number of aromatic nitrogens is 4. The highest BCUT2D eigenvalue weighted by molar-refractivity contribution is 5.85. The van der Waals surface area contributed by atoms with E-state index >= 15 is 0 Å². The number of likely N-dealkylation sites (tertiary alicyclic amines) is 1. The second-order valence-corrected chi connectivity index (χ2v) is 8.38. The van der Waals surface area contributed by atoms with Gasteiger partial charge in [-0.2, -0.15) is 0 Å². The number of ether oxygens (including phenoxy) is 1. The molecule has 1 saturated heterocycles. The number of rotatable bonds is 9. The molecule has 8 heteroatoms. The molecule has 4 aromatic rings.